The number of hydrogen-bond donors (Lipinski definition) is 1. The molecular formula is C23H19ClN4O2. The maximum atomic E-state index is 12.9. The zero-order valence-corrected chi connectivity index (χ0v) is 17.3. The Morgan fingerprint density at radius 1 is 1.13 bits per heavy atom. The molecule has 0 atom stereocenters. The minimum Gasteiger partial charge on any atom is -0.322 e. The van der Waals surface area contributed by atoms with Crippen LogP contribution in [0.15, 0.2) is 65.6 Å². The molecule has 0 aliphatic rings. The minimum atomic E-state index is -0.242. The molecule has 1 amide bonds. The first kappa shape index (κ1) is 19.8. The molecule has 2 heterocycles. The fourth-order valence-electron chi connectivity index (χ4n) is 3.30. The second kappa shape index (κ2) is 8.08. The van der Waals surface area contributed by atoms with Gasteiger partial charge in [0, 0.05) is 34.6 Å². The van der Waals surface area contributed by atoms with Crippen molar-refractivity contribution in [2.24, 2.45) is 0 Å². The van der Waals surface area contributed by atoms with Crippen molar-refractivity contribution in [3.8, 4) is 11.3 Å². The minimum absolute atomic E-state index is 0.210. The molecule has 6 nitrogen and oxygen atoms in total. The molecule has 30 heavy (non-hydrogen) atoms. The molecule has 0 saturated heterocycles. The molecule has 1 N–H and O–H groups in total. The average molecular weight is 419 g/mol. The largest absolute Gasteiger partial charge is 0.322 e. The summed E-state index contributed by atoms with van der Waals surface area (Å²) in [5.41, 5.74) is 4.02. The molecule has 0 aliphatic heterocycles. The Morgan fingerprint density at radius 2 is 1.90 bits per heavy atom. The van der Waals surface area contributed by atoms with Gasteiger partial charge in [-0.1, -0.05) is 23.7 Å². The monoisotopic (exact) mass is 418 g/mol. The lowest BCUT2D eigenvalue weighted by Crippen LogP contribution is -2.23. The number of nitrogens with one attached hydrogen (secondary N) is 1. The van der Waals surface area contributed by atoms with Crippen molar-refractivity contribution in [1.29, 1.82) is 0 Å². The third-order valence-electron chi connectivity index (χ3n) is 4.88. The van der Waals surface area contributed by atoms with Crippen LogP contribution in [0.1, 0.15) is 22.8 Å². The van der Waals surface area contributed by atoms with Crippen LogP contribution in [0.2, 0.25) is 5.02 Å². The number of aromatic nitrogens is 3. The summed E-state index contributed by atoms with van der Waals surface area (Å²) in [6.45, 7) is 4.26. The molecule has 4 aromatic rings. The molecule has 2 aromatic heterocycles. The Morgan fingerprint density at radius 3 is 2.60 bits per heavy atom. The number of rotatable bonds is 4. The Labute approximate surface area is 178 Å². The Hall–Kier alpha value is -3.51. The number of carbonyl (C=O) groups is 1. The molecule has 0 aliphatic carbocycles. The summed E-state index contributed by atoms with van der Waals surface area (Å²) < 4.78 is 1.60. The van der Waals surface area contributed by atoms with Gasteiger partial charge >= 0.3 is 0 Å². The number of anilines is 1. The van der Waals surface area contributed by atoms with Gasteiger partial charge in [0.25, 0.3) is 11.5 Å². The van der Waals surface area contributed by atoms with Crippen molar-refractivity contribution in [1.82, 2.24) is 14.5 Å². The van der Waals surface area contributed by atoms with E-state index >= 15 is 0 Å². The fraction of sp³-hybridized carbons (Fsp3) is 0.130. The summed E-state index contributed by atoms with van der Waals surface area (Å²) in [5.74, 6) is -0.242. The summed E-state index contributed by atoms with van der Waals surface area (Å²) in [7, 11) is 0. The molecule has 150 valence electrons. The number of amides is 1. The lowest BCUT2D eigenvalue weighted by molar-refractivity contribution is 0.102. The lowest BCUT2D eigenvalue weighted by atomic mass is 10.1. The maximum absolute atomic E-state index is 12.9. The maximum Gasteiger partial charge on any atom is 0.278 e. The predicted molar refractivity (Wildman–Crippen MR) is 119 cm³/mol. The molecule has 0 bridgehead atoms. The number of aryl methyl sites for hydroxylation is 2. The summed E-state index contributed by atoms with van der Waals surface area (Å²) >= 11 is 5.97. The number of pyridine rings is 1. The number of halogens is 1. The van der Waals surface area contributed by atoms with Crippen LogP contribution in [0.3, 0.4) is 0 Å². The zero-order chi connectivity index (χ0) is 21.3. The second-order valence-electron chi connectivity index (χ2n) is 6.85. The lowest BCUT2D eigenvalue weighted by Gasteiger charge is -2.11. The van der Waals surface area contributed by atoms with Crippen molar-refractivity contribution in [3.63, 3.8) is 0 Å². The normalized spacial score (nSPS) is 10.9. The van der Waals surface area contributed by atoms with E-state index < -0.39 is 0 Å². The summed E-state index contributed by atoms with van der Waals surface area (Å²) in [6, 6.07) is 15.7. The molecule has 7 heteroatoms. The van der Waals surface area contributed by atoms with E-state index in [-0.39, 0.29) is 11.5 Å². The first-order chi connectivity index (χ1) is 14.5. The topological polar surface area (TPSA) is 76.9 Å². The van der Waals surface area contributed by atoms with E-state index in [0.29, 0.717) is 45.2 Å². The summed E-state index contributed by atoms with van der Waals surface area (Å²) in [6.07, 6.45) is 1.64. The van der Waals surface area contributed by atoms with Crippen molar-refractivity contribution in [3.05, 3.63) is 87.3 Å². The van der Waals surface area contributed by atoms with E-state index in [1.807, 2.05) is 19.9 Å². The van der Waals surface area contributed by atoms with E-state index in [0.717, 1.165) is 5.56 Å². The highest BCUT2D eigenvalue weighted by atomic mass is 35.5. The zero-order valence-electron chi connectivity index (χ0n) is 16.5. The van der Waals surface area contributed by atoms with E-state index in [2.05, 4.69) is 15.3 Å². The van der Waals surface area contributed by atoms with Gasteiger partial charge in [0.1, 0.15) is 11.2 Å². The highest BCUT2D eigenvalue weighted by molar-refractivity contribution is 6.30. The van der Waals surface area contributed by atoms with Crippen LogP contribution >= 0.6 is 11.6 Å². The molecule has 2 aromatic carbocycles. The highest BCUT2D eigenvalue weighted by Crippen LogP contribution is 2.21. The highest BCUT2D eigenvalue weighted by Gasteiger charge is 2.14. The van der Waals surface area contributed by atoms with E-state index in [9.17, 15) is 9.59 Å². The van der Waals surface area contributed by atoms with Gasteiger partial charge in [-0.15, -0.1) is 0 Å². The number of carbonyl (C=O) groups excluding carboxylic acids is 1. The van der Waals surface area contributed by atoms with Gasteiger partial charge in [-0.05, 0) is 61.9 Å². The second-order valence-corrected chi connectivity index (χ2v) is 7.28. The van der Waals surface area contributed by atoms with Crippen LogP contribution in [0, 0.1) is 6.92 Å². The van der Waals surface area contributed by atoms with Gasteiger partial charge in [0.05, 0.1) is 0 Å². The number of benzene rings is 2. The Balaban J connectivity index is 1.66. The molecule has 0 saturated carbocycles. The van der Waals surface area contributed by atoms with Gasteiger partial charge in [0.2, 0.25) is 0 Å². The third-order valence-corrected chi connectivity index (χ3v) is 5.11. The smallest absolute Gasteiger partial charge is 0.278 e. The number of fused-ring (bicyclic) bond motifs is 1. The van der Waals surface area contributed by atoms with E-state index in [1.54, 1.807) is 59.3 Å². The van der Waals surface area contributed by atoms with Crippen molar-refractivity contribution in [2.75, 3.05) is 5.32 Å². The van der Waals surface area contributed by atoms with Crippen molar-refractivity contribution < 1.29 is 4.79 Å². The van der Waals surface area contributed by atoms with E-state index in [4.69, 9.17) is 11.6 Å². The predicted octanol–water partition coefficient (Wildman–Crippen LogP) is 4.69. The number of nitrogens with zero attached hydrogens (tertiary/aromatic N) is 3. The Kier molecular flexibility index (Phi) is 5.33. The first-order valence-electron chi connectivity index (χ1n) is 9.51. The first-order valence-corrected chi connectivity index (χ1v) is 9.89. The molecule has 0 spiro atoms. The van der Waals surface area contributed by atoms with Gasteiger partial charge in [-0.2, -0.15) is 0 Å². The van der Waals surface area contributed by atoms with Gasteiger partial charge in [-0.3, -0.25) is 14.2 Å². The fourth-order valence-corrected chi connectivity index (χ4v) is 3.53. The molecule has 4 rings (SSSR count). The van der Waals surface area contributed by atoms with E-state index in [1.165, 1.54) is 0 Å². The summed E-state index contributed by atoms with van der Waals surface area (Å²) in [4.78, 5) is 34.3. The van der Waals surface area contributed by atoms with Crippen LogP contribution in [-0.2, 0) is 6.54 Å². The quantitative estimate of drug-likeness (QED) is 0.521. The molecular weight excluding hydrogens is 400 g/mol. The third kappa shape index (κ3) is 3.69. The van der Waals surface area contributed by atoms with Crippen molar-refractivity contribution in [2.45, 2.75) is 20.4 Å². The van der Waals surface area contributed by atoms with Gasteiger partial charge < -0.3 is 5.32 Å². The van der Waals surface area contributed by atoms with Gasteiger partial charge in [0.15, 0.2) is 5.65 Å². The SMILES string of the molecule is CCn1c(=O)c(-c2ccc(C(=O)Nc3ccc(Cl)cc3C)cc2)nc2cccnc21. The van der Waals surface area contributed by atoms with Crippen LogP contribution in [0.25, 0.3) is 22.4 Å². The molecule has 0 unspecified atom stereocenters. The van der Waals surface area contributed by atoms with Crippen LogP contribution in [0.5, 0.6) is 0 Å². The van der Waals surface area contributed by atoms with Crippen LogP contribution < -0.4 is 10.9 Å². The standard InChI is InChI=1S/C23H19ClN4O2/c1-3-28-21-19(5-4-12-25-21)26-20(23(28)30)15-6-8-16(9-7-15)22(29)27-18-11-10-17(24)13-14(18)2/h4-13H,3H2,1-2H3,(H,27,29). The molecule has 0 radical (unpaired) electrons. The number of hydrogen-bond acceptors (Lipinski definition) is 4. The molecule has 0 fully saturated rings. The van der Waals surface area contributed by atoms with Crippen LogP contribution in [-0.4, -0.2) is 20.4 Å². The Bertz CT molecular complexity index is 1310. The average Bonchev–Trinajstić information content (AvgIpc) is 2.75. The van der Waals surface area contributed by atoms with Crippen molar-refractivity contribution >= 4 is 34.4 Å². The van der Waals surface area contributed by atoms with Crippen LogP contribution in [0.4, 0.5) is 5.69 Å². The summed E-state index contributed by atoms with van der Waals surface area (Å²) in [5, 5.41) is 3.50. The van der Waals surface area contributed by atoms with Gasteiger partial charge in [-0.25, -0.2) is 9.97 Å².